The predicted octanol–water partition coefficient (Wildman–Crippen LogP) is 4.94. The van der Waals surface area contributed by atoms with Crippen molar-refractivity contribution in [2.24, 2.45) is 4.99 Å². The molecule has 24 heavy (non-hydrogen) atoms. The molecule has 0 aliphatic heterocycles. The molecule has 0 aliphatic rings. The second-order valence-electron chi connectivity index (χ2n) is 5.33. The lowest BCUT2D eigenvalue weighted by Gasteiger charge is -2.07. The average molecular weight is 357 g/mol. The Balaban J connectivity index is 2.11. The normalized spacial score (nSPS) is 11.7. The number of rotatable bonds is 3. The van der Waals surface area contributed by atoms with E-state index < -0.39 is 0 Å². The van der Waals surface area contributed by atoms with Gasteiger partial charge in [-0.15, -0.1) is 11.3 Å². The third-order valence-corrected chi connectivity index (χ3v) is 4.94. The third kappa shape index (κ3) is 3.35. The SMILES string of the molecule is CCn1c(-c2ccccc2)c(C)sc1=NC(=O)c1cccc(Cl)c1. The second-order valence-corrected chi connectivity index (χ2v) is 6.95. The minimum Gasteiger partial charge on any atom is -0.316 e. The van der Waals surface area contributed by atoms with Gasteiger partial charge in [0.05, 0.1) is 5.69 Å². The van der Waals surface area contributed by atoms with E-state index in [1.54, 1.807) is 24.3 Å². The standard InChI is InChI=1S/C19H17ClN2OS/c1-3-22-17(14-8-5-4-6-9-14)13(2)24-19(22)21-18(23)15-10-7-11-16(20)12-15/h4-12H,3H2,1-2H3. The van der Waals surface area contributed by atoms with E-state index >= 15 is 0 Å². The molecule has 0 radical (unpaired) electrons. The molecule has 0 atom stereocenters. The summed E-state index contributed by atoms with van der Waals surface area (Å²) in [6.07, 6.45) is 0. The van der Waals surface area contributed by atoms with Gasteiger partial charge in [0.1, 0.15) is 0 Å². The molecule has 0 saturated heterocycles. The molecular weight excluding hydrogens is 340 g/mol. The first-order chi connectivity index (χ1) is 11.6. The van der Waals surface area contributed by atoms with Gasteiger partial charge in [0.25, 0.3) is 5.91 Å². The zero-order valence-corrected chi connectivity index (χ0v) is 15.1. The van der Waals surface area contributed by atoms with E-state index in [2.05, 4.69) is 35.5 Å². The van der Waals surface area contributed by atoms with Crippen molar-refractivity contribution in [3.8, 4) is 11.3 Å². The molecular formula is C19H17ClN2OS. The minimum atomic E-state index is -0.277. The zero-order valence-electron chi connectivity index (χ0n) is 13.5. The van der Waals surface area contributed by atoms with E-state index in [0.717, 1.165) is 22.7 Å². The van der Waals surface area contributed by atoms with Crippen LogP contribution in [-0.4, -0.2) is 10.5 Å². The van der Waals surface area contributed by atoms with Gasteiger partial charge < -0.3 is 4.57 Å². The van der Waals surface area contributed by atoms with E-state index in [1.165, 1.54) is 11.3 Å². The number of hydrogen-bond donors (Lipinski definition) is 0. The highest BCUT2D eigenvalue weighted by Gasteiger charge is 2.13. The van der Waals surface area contributed by atoms with Crippen molar-refractivity contribution in [2.75, 3.05) is 0 Å². The van der Waals surface area contributed by atoms with Crippen LogP contribution in [0.15, 0.2) is 59.6 Å². The van der Waals surface area contributed by atoms with E-state index in [-0.39, 0.29) is 5.91 Å². The van der Waals surface area contributed by atoms with Crippen LogP contribution < -0.4 is 4.80 Å². The molecule has 1 amide bonds. The van der Waals surface area contributed by atoms with Crippen molar-refractivity contribution in [3.05, 3.63) is 74.9 Å². The first kappa shape index (κ1) is 16.7. The van der Waals surface area contributed by atoms with Crippen LogP contribution in [0.2, 0.25) is 5.02 Å². The molecule has 122 valence electrons. The maximum atomic E-state index is 12.5. The second kappa shape index (κ2) is 7.16. The van der Waals surface area contributed by atoms with Crippen molar-refractivity contribution < 1.29 is 4.79 Å². The summed E-state index contributed by atoms with van der Waals surface area (Å²) < 4.78 is 2.08. The summed E-state index contributed by atoms with van der Waals surface area (Å²) in [6, 6.07) is 17.0. The number of aryl methyl sites for hydroxylation is 1. The Bertz CT molecular complexity index is 942. The first-order valence-corrected chi connectivity index (χ1v) is 8.90. The average Bonchev–Trinajstić information content (AvgIpc) is 2.90. The van der Waals surface area contributed by atoms with Crippen LogP contribution in [0, 0.1) is 6.92 Å². The van der Waals surface area contributed by atoms with Crippen LogP contribution in [0.25, 0.3) is 11.3 Å². The monoisotopic (exact) mass is 356 g/mol. The fraction of sp³-hybridized carbons (Fsp3) is 0.158. The lowest BCUT2D eigenvalue weighted by Crippen LogP contribution is -2.17. The molecule has 0 spiro atoms. The smallest absolute Gasteiger partial charge is 0.279 e. The van der Waals surface area contributed by atoms with Gasteiger partial charge in [0.2, 0.25) is 0 Å². The highest BCUT2D eigenvalue weighted by molar-refractivity contribution is 7.09. The quantitative estimate of drug-likeness (QED) is 0.654. The van der Waals surface area contributed by atoms with Crippen molar-refractivity contribution in [2.45, 2.75) is 20.4 Å². The number of hydrogen-bond acceptors (Lipinski definition) is 2. The molecule has 0 aliphatic carbocycles. The van der Waals surface area contributed by atoms with E-state index in [1.807, 2.05) is 18.2 Å². The van der Waals surface area contributed by atoms with Gasteiger partial charge >= 0.3 is 0 Å². The summed E-state index contributed by atoms with van der Waals surface area (Å²) in [7, 11) is 0. The number of nitrogens with zero attached hydrogens (tertiary/aromatic N) is 2. The Hall–Kier alpha value is -2.17. The fourth-order valence-corrected chi connectivity index (χ4v) is 3.88. The summed E-state index contributed by atoms with van der Waals surface area (Å²) in [6.45, 7) is 4.86. The maximum absolute atomic E-state index is 12.5. The number of carbonyl (C=O) groups excluding carboxylic acids is 1. The Morgan fingerprint density at radius 1 is 1.17 bits per heavy atom. The maximum Gasteiger partial charge on any atom is 0.279 e. The van der Waals surface area contributed by atoms with Crippen LogP contribution in [0.4, 0.5) is 0 Å². The molecule has 5 heteroatoms. The van der Waals surface area contributed by atoms with Gasteiger partial charge in [-0.2, -0.15) is 4.99 Å². The number of aromatic nitrogens is 1. The van der Waals surface area contributed by atoms with Gasteiger partial charge in [-0.3, -0.25) is 4.79 Å². The first-order valence-electron chi connectivity index (χ1n) is 7.70. The van der Waals surface area contributed by atoms with Gasteiger partial charge in [0.15, 0.2) is 4.80 Å². The number of halogens is 1. The summed E-state index contributed by atoms with van der Waals surface area (Å²) in [4.78, 5) is 18.6. The molecule has 3 rings (SSSR count). The van der Waals surface area contributed by atoms with Crippen molar-refractivity contribution in [3.63, 3.8) is 0 Å². The van der Waals surface area contributed by atoms with Crippen molar-refractivity contribution in [1.29, 1.82) is 0 Å². The van der Waals surface area contributed by atoms with Gasteiger partial charge in [-0.25, -0.2) is 0 Å². The molecule has 3 aromatic rings. The summed E-state index contributed by atoms with van der Waals surface area (Å²) in [5.41, 5.74) is 2.74. The van der Waals surface area contributed by atoms with E-state index in [9.17, 15) is 4.79 Å². The topological polar surface area (TPSA) is 34.4 Å². The Morgan fingerprint density at radius 3 is 2.58 bits per heavy atom. The van der Waals surface area contributed by atoms with Crippen LogP contribution in [0.3, 0.4) is 0 Å². The Labute approximate surface area is 149 Å². The summed E-state index contributed by atoms with van der Waals surface area (Å²) in [5.74, 6) is -0.277. The van der Waals surface area contributed by atoms with Crippen molar-refractivity contribution in [1.82, 2.24) is 4.57 Å². The van der Waals surface area contributed by atoms with Crippen LogP contribution in [-0.2, 0) is 6.54 Å². The molecule has 0 saturated carbocycles. The van der Waals surface area contributed by atoms with E-state index in [4.69, 9.17) is 11.6 Å². The highest BCUT2D eigenvalue weighted by atomic mass is 35.5. The third-order valence-electron chi connectivity index (χ3n) is 3.71. The van der Waals surface area contributed by atoms with Gasteiger partial charge in [-0.1, -0.05) is 48.0 Å². The van der Waals surface area contributed by atoms with Crippen LogP contribution >= 0.6 is 22.9 Å². The summed E-state index contributed by atoms with van der Waals surface area (Å²) in [5, 5.41) is 0.534. The number of amides is 1. The molecule has 0 N–H and O–H groups in total. The molecule has 1 heterocycles. The lowest BCUT2D eigenvalue weighted by atomic mass is 10.1. The van der Waals surface area contributed by atoms with Crippen LogP contribution in [0.1, 0.15) is 22.2 Å². The molecule has 3 nitrogen and oxygen atoms in total. The molecule has 0 unspecified atom stereocenters. The number of carbonyl (C=O) groups is 1. The Morgan fingerprint density at radius 2 is 1.92 bits per heavy atom. The van der Waals surface area contributed by atoms with Gasteiger partial charge in [0, 0.05) is 22.0 Å². The molecule has 1 aromatic heterocycles. The van der Waals surface area contributed by atoms with Crippen LogP contribution in [0.5, 0.6) is 0 Å². The summed E-state index contributed by atoms with van der Waals surface area (Å²) >= 11 is 7.49. The number of thiazole rings is 1. The molecule has 2 aromatic carbocycles. The minimum absolute atomic E-state index is 0.277. The van der Waals surface area contributed by atoms with E-state index in [0.29, 0.717) is 15.4 Å². The fourth-order valence-electron chi connectivity index (χ4n) is 2.63. The highest BCUT2D eigenvalue weighted by Crippen LogP contribution is 2.25. The zero-order chi connectivity index (χ0) is 17.1. The largest absolute Gasteiger partial charge is 0.316 e. The molecule has 0 fully saturated rings. The van der Waals surface area contributed by atoms with Gasteiger partial charge in [-0.05, 0) is 37.6 Å². The lowest BCUT2D eigenvalue weighted by molar-refractivity contribution is 0.0998. The van der Waals surface area contributed by atoms with Crippen molar-refractivity contribution >= 4 is 28.8 Å². The molecule has 0 bridgehead atoms. The Kier molecular flexibility index (Phi) is 4.97. The number of benzene rings is 2. The predicted molar refractivity (Wildman–Crippen MR) is 99.5 cm³/mol.